The lowest BCUT2D eigenvalue weighted by molar-refractivity contribution is 0.0977. The third-order valence-corrected chi connectivity index (χ3v) is 6.52. The van der Waals surface area contributed by atoms with Gasteiger partial charge in [-0.2, -0.15) is 5.10 Å². The minimum Gasteiger partial charge on any atom is -0.378 e. The largest absolute Gasteiger partial charge is 0.378 e. The Hall–Kier alpha value is -3.90. The number of pyridine rings is 1. The van der Waals surface area contributed by atoms with Gasteiger partial charge in [-0.3, -0.25) is 4.79 Å². The zero-order valence-electron chi connectivity index (χ0n) is 20.7. The van der Waals surface area contributed by atoms with Gasteiger partial charge in [0.1, 0.15) is 5.69 Å². The van der Waals surface area contributed by atoms with E-state index in [1.54, 1.807) is 23.1 Å². The van der Waals surface area contributed by atoms with E-state index in [-0.39, 0.29) is 11.6 Å². The van der Waals surface area contributed by atoms with Crippen LogP contribution in [0.15, 0.2) is 48.8 Å². The molecule has 12 heteroatoms. The van der Waals surface area contributed by atoms with Crippen molar-refractivity contribution in [1.29, 1.82) is 0 Å². The van der Waals surface area contributed by atoms with E-state index in [9.17, 15) is 13.2 Å². The van der Waals surface area contributed by atoms with E-state index in [0.29, 0.717) is 49.0 Å². The maximum Gasteiger partial charge on any atom is 0.283 e. The van der Waals surface area contributed by atoms with Crippen molar-refractivity contribution in [2.45, 2.75) is 19.8 Å². The van der Waals surface area contributed by atoms with Crippen LogP contribution >= 0.6 is 0 Å². The van der Waals surface area contributed by atoms with Gasteiger partial charge >= 0.3 is 0 Å². The fourth-order valence-corrected chi connectivity index (χ4v) is 4.69. The summed E-state index contributed by atoms with van der Waals surface area (Å²) in [4.78, 5) is 28.7. The second-order valence-corrected chi connectivity index (χ2v) is 10.9. The normalized spacial score (nSPS) is 14.3. The Balaban J connectivity index is 1.72. The maximum atomic E-state index is 12.9. The molecule has 0 bridgehead atoms. The summed E-state index contributed by atoms with van der Waals surface area (Å²) in [5.74, 6) is -0.197. The summed E-state index contributed by atoms with van der Waals surface area (Å²) in [6.45, 7) is 6.70. The molecule has 1 aromatic carbocycles. The first-order valence-corrected chi connectivity index (χ1v) is 13.8. The molecule has 1 fully saturated rings. The van der Waals surface area contributed by atoms with Crippen LogP contribution in [0.4, 0.5) is 5.95 Å². The van der Waals surface area contributed by atoms with Gasteiger partial charge in [-0.15, -0.1) is 0 Å². The van der Waals surface area contributed by atoms with Gasteiger partial charge in [0.15, 0.2) is 5.65 Å². The van der Waals surface area contributed by atoms with E-state index in [0.717, 1.165) is 23.0 Å². The third kappa shape index (κ3) is 5.16. The summed E-state index contributed by atoms with van der Waals surface area (Å²) < 4.78 is 32.7. The number of ether oxygens (including phenoxy) is 1. The van der Waals surface area contributed by atoms with Gasteiger partial charge in [0.25, 0.3) is 5.91 Å². The van der Waals surface area contributed by atoms with Crippen LogP contribution in [0.5, 0.6) is 0 Å². The lowest BCUT2D eigenvalue weighted by atomic mass is 9.99. The Morgan fingerprint density at radius 3 is 2.38 bits per heavy atom. The number of carbonyl (C=O) groups is 1. The van der Waals surface area contributed by atoms with Gasteiger partial charge in [-0.1, -0.05) is 32.0 Å². The van der Waals surface area contributed by atoms with Crippen LogP contribution < -0.4 is 9.62 Å². The van der Waals surface area contributed by atoms with Crippen molar-refractivity contribution in [2.24, 2.45) is 0 Å². The molecular formula is C25H27N7O4S. The predicted molar refractivity (Wildman–Crippen MR) is 139 cm³/mol. The zero-order valence-corrected chi connectivity index (χ0v) is 21.6. The van der Waals surface area contributed by atoms with Crippen molar-refractivity contribution in [1.82, 2.24) is 29.5 Å². The number of hydrogen-bond donors (Lipinski definition) is 1. The van der Waals surface area contributed by atoms with E-state index in [2.05, 4.69) is 15.0 Å². The minimum absolute atomic E-state index is 0.0391. The van der Waals surface area contributed by atoms with E-state index < -0.39 is 15.9 Å². The van der Waals surface area contributed by atoms with Crippen LogP contribution in [0.1, 0.15) is 35.9 Å². The molecule has 11 nitrogen and oxygen atoms in total. The number of amides is 1. The van der Waals surface area contributed by atoms with Crippen LogP contribution in [-0.2, 0) is 14.8 Å². The molecule has 5 rings (SSSR count). The van der Waals surface area contributed by atoms with Crippen molar-refractivity contribution >= 4 is 32.9 Å². The topological polar surface area (TPSA) is 132 Å². The number of morpholine rings is 1. The molecule has 1 aliphatic rings. The minimum atomic E-state index is -3.79. The average molecular weight is 522 g/mol. The number of carbonyl (C=O) groups excluding carboxylic acids is 1. The molecule has 37 heavy (non-hydrogen) atoms. The number of benzene rings is 1. The van der Waals surface area contributed by atoms with E-state index in [1.807, 2.05) is 53.8 Å². The molecule has 1 saturated heterocycles. The molecule has 0 spiro atoms. The van der Waals surface area contributed by atoms with Gasteiger partial charge in [-0.05, 0) is 24.1 Å². The molecule has 192 valence electrons. The van der Waals surface area contributed by atoms with E-state index >= 15 is 0 Å². The summed E-state index contributed by atoms with van der Waals surface area (Å²) in [7, 11) is -3.79. The second-order valence-electron chi connectivity index (χ2n) is 9.12. The number of nitrogens with one attached hydrogen (secondary N) is 1. The van der Waals surface area contributed by atoms with Crippen molar-refractivity contribution in [3.8, 4) is 16.8 Å². The van der Waals surface area contributed by atoms with Gasteiger partial charge in [0, 0.05) is 36.6 Å². The van der Waals surface area contributed by atoms with E-state index in [4.69, 9.17) is 9.84 Å². The summed E-state index contributed by atoms with van der Waals surface area (Å²) in [6, 6.07) is 11.0. The highest BCUT2D eigenvalue weighted by atomic mass is 32.2. The summed E-state index contributed by atoms with van der Waals surface area (Å²) >= 11 is 0. The third-order valence-electron chi connectivity index (χ3n) is 5.97. The Labute approximate surface area is 214 Å². The van der Waals surface area contributed by atoms with Crippen LogP contribution in [0.2, 0.25) is 0 Å². The quantitative estimate of drug-likeness (QED) is 0.406. The number of fused-ring (bicyclic) bond motifs is 1. The number of aromatic nitrogens is 5. The zero-order chi connectivity index (χ0) is 26.2. The number of para-hydroxylation sites is 1. The molecule has 4 heterocycles. The van der Waals surface area contributed by atoms with E-state index in [1.165, 1.54) is 0 Å². The maximum absolute atomic E-state index is 12.9. The molecule has 4 aromatic rings. The standard InChI is InChI=1S/C25H27N7O4S/c1-16(2)22-21-19(17-14-26-25(27-15-17)31-9-11-36-12-10-31)13-20(24(33)30-37(3,34)35)28-23(21)32(29-22)18-7-5-4-6-8-18/h4-8,13-16H,9-12H2,1-3H3,(H,30,33). The van der Waals surface area contributed by atoms with Gasteiger partial charge in [-0.25, -0.2) is 32.8 Å². The molecule has 0 unspecified atom stereocenters. The van der Waals surface area contributed by atoms with Gasteiger partial charge < -0.3 is 9.64 Å². The number of anilines is 1. The molecule has 1 aliphatic heterocycles. The number of rotatable bonds is 6. The lowest BCUT2D eigenvalue weighted by Gasteiger charge is -2.26. The molecule has 0 saturated carbocycles. The Kier molecular flexibility index (Phi) is 6.61. The van der Waals surface area contributed by atoms with Gasteiger partial charge in [0.05, 0.1) is 36.2 Å². The molecule has 0 aliphatic carbocycles. The second kappa shape index (κ2) is 9.87. The molecule has 1 amide bonds. The summed E-state index contributed by atoms with van der Waals surface area (Å²) in [6.07, 6.45) is 4.33. The number of sulfonamides is 1. The van der Waals surface area contributed by atoms with Crippen LogP contribution in [0.3, 0.4) is 0 Å². The summed E-state index contributed by atoms with van der Waals surface area (Å²) in [5.41, 5.74) is 3.22. The van der Waals surface area contributed by atoms with Crippen LogP contribution in [-0.4, -0.2) is 71.6 Å². The molecule has 0 atom stereocenters. The van der Waals surface area contributed by atoms with Crippen LogP contribution in [0, 0.1) is 0 Å². The predicted octanol–water partition coefficient (Wildman–Crippen LogP) is 2.53. The lowest BCUT2D eigenvalue weighted by Crippen LogP contribution is -2.37. The highest BCUT2D eigenvalue weighted by Crippen LogP contribution is 2.35. The number of nitrogens with zero attached hydrogens (tertiary/aromatic N) is 6. The van der Waals surface area contributed by atoms with Crippen molar-refractivity contribution in [3.63, 3.8) is 0 Å². The van der Waals surface area contributed by atoms with Crippen LogP contribution in [0.25, 0.3) is 27.8 Å². The Morgan fingerprint density at radius 2 is 1.76 bits per heavy atom. The fourth-order valence-electron chi connectivity index (χ4n) is 4.25. The molecule has 1 N–H and O–H groups in total. The van der Waals surface area contributed by atoms with Crippen molar-refractivity contribution in [2.75, 3.05) is 37.5 Å². The Morgan fingerprint density at radius 1 is 1.08 bits per heavy atom. The van der Waals surface area contributed by atoms with Crippen molar-refractivity contribution < 1.29 is 17.9 Å². The average Bonchev–Trinajstić information content (AvgIpc) is 3.28. The summed E-state index contributed by atoms with van der Waals surface area (Å²) in [5, 5.41) is 5.60. The smallest absolute Gasteiger partial charge is 0.283 e. The Bertz CT molecular complexity index is 1550. The first-order chi connectivity index (χ1) is 17.7. The highest BCUT2D eigenvalue weighted by molar-refractivity contribution is 7.89. The molecule has 3 aromatic heterocycles. The van der Waals surface area contributed by atoms with Crippen molar-refractivity contribution in [3.05, 3.63) is 60.2 Å². The monoisotopic (exact) mass is 521 g/mol. The SMILES string of the molecule is CC(C)c1nn(-c2ccccc2)c2nc(C(=O)NS(C)(=O)=O)cc(-c3cnc(N4CCOCC4)nc3)c12. The highest BCUT2D eigenvalue weighted by Gasteiger charge is 2.24. The molecular weight excluding hydrogens is 494 g/mol. The fraction of sp³-hybridized carbons (Fsp3) is 0.320. The van der Waals surface area contributed by atoms with Gasteiger partial charge in [0.2, 0.25) is 16.0 Å². The first kappa shape index (κ1) is 24.8. The molecule has 0 radical (unpaired) electrons. The first-order valence-electron chi connectivity index (χ1n) is 11.9. The number of hydrogen-bond acceptors (Lipinski definition) is 9.